The van der Waals surface area contributed by atoms with Gasteiger partial charge in [-0.1, -0.05) is 0 Å². The maximum absolute atomic E-state index is 12.1. The SMILES string of the molecule is O=S(=O)(F)C1CCC1F. The molecule has 0 N–H and O–H groups in total. The molecule has 54 valence electrons. The summed E-state index contributed by atoms with van der Waals surface area (Å²) in [4.78, 5) is 0. The second-order valence-electron chi connectivity index (χ2n) is 2.11. The molecular formula is C4H6F2O2S. The highest BCUT2D eigenvalue weighted by Gasteiger charge is 2.41. The van der Waals surface area contributed by atoms with Crippen LogP contribution >= 0.6 is 0 Å². The summed E-state index contributed by atoms with van der Waals surface area (Å²) in [6.07, 6.45) is -1.17. The van der Waals surface area contributed by atoms with Gasteiger partial charge in [-0.15, -0.1) is 3.89 Å². The summed E-state index contributed by atoms with van der Waals surface area (Å²) < 4.78 is 43.7. The Morgan fingerprint density at radius 2 is 1.89 bits per heavy atom. The Hall–Kier alpha value is -0.190. The smallest absolute Gasteiger partial charge is 0.246 e. The van der Waals surface area contributed by atoms with Crippen molar-refractivity contribution in [2.24, 2.45) is 0 Å². The first-order chi connectivity index (χ1) is 4.02. The summed E-state index contributed by atoms with van der Waals surface area (Å²) in [5, 5.41) is -1.36. The Bertz CT molecular complexity index is 199. The van der Waals surface area contributed by atoms with Crippen LogP contribution in [0.1, 0.15) is 12.8 Å². The van der Waals surface area contributed by atoms with E-state index < -0.39 is 21.6 Å². The highest BCUT2D eigenvalue weighted by molar-refractivity contribution is 7.87. The minimum absolute atomic E-state index is 0.125. The third-order valence-electron chi connectivity index (χ3n) is 1.49. The van der Waals surface area contributed by atoms with E-state index in [2.05, 4.69) is 0 Å². The number of hydrogen-bond acceptors (Lipinski definition) is 2. The molecule has 1 aliphatic rings. The average Bonchev–Trinajstić information content (AvgIpc) is 1.57. The van der Waals surface area contributed by atoms with Crippen LogP contribution in [0, 0.1) is 0 Å². The molecule has 1 rings (SSSR count). The maximum Gasteiger partial charge on any atom is 0.308 e. The first-order valence-electron chi connectivity index (χ1n) is 2.59. The zero-order chi connectivity index (χ0) is 7.07. The van der Waals surface area contributed by atoms with E-state index >= 15 is 0 Å². The van der Waals surface area contributed by atoms with Crippen molar-refractivity contribution in [2.75, 3.05) is 0 Å². The Kier molecular flexibility index (Phi) is 1.46. The number of alkyl halides is 1. The fourth-order valence-corrected chi connectivity index (χ4v) is 1.65. The molecule has 5 heteroatoms. The zero-order valence-electron chi connectivity index (χ0n) is 4.55. The first-order valence-corrected chi connectivity index (χ1v) is 4.04. The number of rotatable bonds is 1. The van der Waals surface area contributed by atoms with Gasteiger partial charge in [-0.2, -0.15) is 8.42 Å². The van der Waals surface area contributed by atoms with E-state index in [9.17, 15) is 16.7 Å². The van der Waals surface area contributed by atoms with E-state index in [4.69, 9.17) is 0 Å². The molecule has 9 heavy (non-hydrogen) atoms. The summed E-state index contributed by atoms with van der Waals surface area (Å²) in [6.45, 7) is 0. The lowest BCUT2D eigenvalue weighted by Gasteiger charge is -2.25. The van der Waals surface area contributed by atoms with Crippen molar-refractivity contribution in [1.82, 2.24) is 0 Å². The van der Waals surface area contributed by atoms with Crippen molar-refractivity contribution in [3.63, 3.8) is 0 Å². The van der Waals surface area contributed by atoms with E-state index in [0.29, 0.717) is 0 Å². The summed E-state index contributed by atoms with van der Waals surface area (Å²) >= 11 is 0. The van der Waals surface area contributed by atoms with Crippen LogP contribution in [0.3, 0.4) is 0 Å². The van der Waals surface area contributed by atoms with Crippen LogP contribution in [-0.2, 0) is 10.2 Å². The number of hydrogen-bond donors (Lipinski definition) is 0. The summed E-state index contributed by atoms with van der Waals surface area (Å²) in [5.74, 6) is 0. The van der Waals surface area contributed by atoms with Crippen LogP contribution in [0.4, 0.5) is 8.28 Å². The van der Waals surface area contributed by atoms with Crippen LogP contribution in [0.15, 0.2) is 0 Å². The minimum atomic E-state index is -4.59. The Morgan fingerprint density at radius 3 is 1.89 bits per heavy atom. The normalized spacial score (nSPS) is 35.8. The maximum atomic E-state index is 12.1. The van der Waals surface area contributed by atoms with Crippen molar-refractivity contribution in [2.45, 2.75) is 24.3 Å². The van der Waals surface area contributed by atoms with Crippen molar-refractivity contribution >= 4 is 10.2 Å². The monoisotopic (exact) mass is 156 g/mol. The predicted molar refractivity (Wildman–Crippen MR) is 27.9 cm³/mol. The van der Waals surface area contributed by atoms with Gasteiger partial charge < -0.3 is 0 Å². The third-order valence-corrected chi connectivity index (χ3v) is 2.75. The van der Waals surface area contributed by atoms with Gasteiger partial charge in [0.15, 0.2) is 0 Å². The second-order valence-corrected chi connectivity index (χ2v) is 3.66. The summed E-state index contributed by atoms with van der Waals surface area (Å²) in [7, 11) is -4.59. The zero-order valence-corrected chi connectivity index (χ0v) is 5.37. The van der Waals surface area contributed by atoms with Gasteiger partial charge in [-0.3, -0.25) is 0 Å². The molecule has 0 radical (unpaired) electrons. The molecule has 0 aromatic rings. The average molecular weight is 156 g/mol. The molecule has 0 heterocycles. The highest BCUT2D eigenvalue weighted by atomic mass is 32.3. The fourth-order valence-electron chi connectivity index (χ4n) is 0.746. The standard InChI is InChI=1S/C4H6F2O2S/c5-3-1-2-4(3)9(6,7)8/h3-4H,1-2H2. The van der Waals surface area contributed by atoms with E-state index in [-0.39, 0.29) is 12.8 Å². The van der Waals surface area contributed by atoms with E-state index in [1.165, 1.54) is 0 Å². The molecule has 2 atom stereocenters. The minimum Gasteiger partial charge on any atom is -0.246 e. The van der Waals surface area contributed by atoms with Crippen molar-refractivity contribution in [1.29, 1.82) is 0 Å². The fraction of sp³-hybridized carbons (Fsp3) is 1.00. The molecule has 1 fully saturated rings. The molecule has 2 unspecified atom stereocenters. The lowest BCUT2D eigenvalue weighted by atomic mass is 9.97. The molecule has 0 aromatic heterocycles. The van der Waals surface area contributed by atoms with Crippen LogP contribution in [-0.4, -0.2) is 19.8 Å². The van der Waals surface area contributed by atoms with Gasteiger partial charge in [0, 0.05) is 0 Å². The molecule has 0 aliphatic heterocycles. The largest absolute Gasteiger partial charge is 0.308 e. The molecule has 0 aromatic carbocycles. The molecule has 1 saturated carbocycles. The molecule has 0 spiro atoms. The lowest BCUT2D eigenvalue weighted by Crippen LogP contribution is -2.38. The van der Waals surface area contributed by atoms with E-state index in [1.54, 1.807) is 0 Å². The molecule has 1 aliphatic carbocycles. The van der Waals surface area contributed by atoms with Crippen molar-refractivity contribution in [3.8, 4) is 0 Å². The Balaban J connectivity index is 2.66. The van der Waals surface area contributed by atoms with Crippen LogP contribution in [0.2, 0.25) is 0 Å². The van der Waals surface area contributed by atoms with Crippen LogP contribution in [0.5, 0.6) is 0 Å². The molecule has 0 amide bonds. The summed E-state index contributed by atoms with van der Waals surface area (Å²) in [5.41, 5.74) is 0. The second kappa shape index (κ2) is 1.90. The van der Waals surface area contributed by atoms with Gasteiger partial charge in [-0.05, 0) is 12.8 Å². The van der Waals surface area contributed by atoms with Gasteiger partial charge in [-0.25, -0.2) is 4.39 Å². The van der Waals surface area contributed by atoms with Crippen molar-refractivity contribution < 1.29 is 16.7 Å². The first kappa shape index (κ1) is 6.92. The number of halogens is 2. The van der Waals surface area contributed by atoms with E-state index in [0.717, 1.165) is 0 Å². The van der Waals surface area contributed by atoms with Crippen LogP contribution in [0.25, 0.3) is 0 Å². The third kappa shape index (κ3) is 1.20. The predicted octanol–water partition coefficient (Wildman–Crippen LogP) is 0.786. The Morgan fingerprint density at radius 1 is 1.33 bits per heavy atom. The topological polar surface area (TPSA) is 34.1 Å². The van der Waals surface area contributed by atoms with Gasteiger partial charge in [0.1, 0.15) is 11.4 Å². The van der Waals surface area contributed by atoms with Gasteiger partial charge in [0.05, 0.1) is 0 Å². The van der Waals surface area contributed by atoms with Crippen LogP contribution < -0.4 is 0 Å². The Labute approximate surface area is 52.1 Å². The molecule has 0 bridgehead atoms. The van der Waals surface area contributed by atoms with Gasteiger partial charge >= 0.3 is 10.2 Å². The van der Waals surface area contributed by atoms with E-state index in [1.807, 2.05) is 0 Å². The van der Waals surface area contributed by atoms with Gasteiger partial charge in [0.2, 0.25) is 0 Å². The molecule has 2 nitrogen and oxygen atoms in total. The summed E-state index contributed by atoms with van der Waals surface area (Å²) in [6, 6.07) is 0. The quantitative estimate of drug-likeness (QED) is 0.526. The van der Waals surface area contributed by atoms with Gasteiger partial charge in [0.25, 0.3) is 0 Å². The lowest BCUT2D eigenvalue weighted by molar-refractivity contribution is 0.211. The van der Waals surface area contributed by atoms with Crippen molar-refractivity contribution in [3.05, 3.63) is 0 Å². The molecule has 0 saturated heterocycles. The molecular weight excluding hydrogens is 150 g/mol. The highest BCUT2D eigenvalue weighted by Crippen LogP contribution is 2.30.